The fourth-order valence-corrected chi connectivity index (χ4v) is 2.71. The maximum Gasteiger partial charge on any atom is 0.279 e. The van der Waals surface area contributed by atoms with Gasteiger partial charge in [-0.2, -0.15) is 17.9 Å². The van der Waals surface area contributed by atoms with Gasteiger partial charge in [-0.05, 0) is 19.8 Å². The van der Waals surface area contributed by atoms with Crippen LogP contribution >= 0.6 is 0 Å². The van der Waals surface area contributed by atoms with Crippen molar-refractivity contribution in [3.05, 3.63) is 0 Å². The Labute approximate surface area is 78.7 Å². The SMILES string of the molecule is CC(O)NS(=O)(=O)NC1CCCC1. The molecule has 0 bridgehead atoms. The van der Waals surface area contributed by atoms with Crippen molar-refractivity contribution < 1.29 is 13.5 Å². The van der Waals surface area contributed by atoms with Crippen molar-refractivity contribution in [2.24, 2.45) is 0 Å². The van der Waals surface area contributed by atoms with Gasteiger partial charge in [-0.15, -0.1) is 0 Å². The minimum absolute atomic E-state index is 0.0382. The zero-order valence-electron chi connectivity index (χ0n) is 7.66. The molecule has 0 heterocycles. The Bertz CT molecular complexity index is 244. The van der Waals surface area contributed by atoms with Crippen LogP contribution in [-0.4, -0.2) is 25.8 Å². The summed E-state index contributed by atoms with van der Waals surface area (Å²) in [5.74, 6) is 0. The topological polar surface area (TPSA) is 78.4 Å². The molecule has 0 aromatic rings. The lowest BCUT2D eigenvalue weighted by Gasteiger charge is -2.14. The molecule has 1 rings (SSSR count). The summed E-state index contributed by atoms with van der Waals surface area (Å²) in [6.45, 7) is 1.37. The molecule has 1 saturated carbocycles. The Morgan fingerprint density at radius 3 is 2.38 bits per heavy atom. The van der Waals surface area contributed by atoms with Crippen molar-refractivity contribution in [1.29, 1.82) is 0 Å². The molecule has 78 valence electrons. The molecule has 5 nitrogen and oxygen atoms in total. The van der Waals surface area contributed by atoms with Crippen molar-refractivity contribution in [2.75, 3.05) is 0 Å². The van der Waals surface area contributed by atoms with Crippen molar-refractivity contribution in [1.82, 2.24) is 9.44 Å². The van der Waals surface area contributed by atoms with E-state index < -0.39 is 16.4 Å². The average Bonchev–Trinajstić information content (AvgIpc) is 2.34. The molecule has 13 heavy (non-hydrogen) atoms. The van der Waals surface area contributed by atoms with Crippen LogP contribution in [-0.2, 0) is 10.2 Å². The van der Waals surface area contributed by atoms with E-state index in [0.717, 1.165) is 25.7 Å². The lowest BCUT2D eigenvalue weighted by atomic mass is 10.3. The summed E-state index contributed by atoms with van der Waals surface area (Å²) in [4.78, 5) is 0. The third-order valence-corrected chi connectivity index (χ3v) is 3.30. The van der Waals surface area contributed by atoms with Crippen LogP contribution in [0.5, 0.6) is 0 Å². The molecule has 0 aliphatic heterocycles. The van der Waals surface area contributed by atoms with Gasteiger partial charge < -0.3 is 5.11 Å². The smallest absolute Gasteiger partial charge is 0.279 e. The summed E-state index contributed by atoms with van der Waals surface area (Å²) in [7, 11) is -3.51. The van der Waals surface area contributed by atoms with Gasteiger partial charge in [0.1, 0.15) is 6.23 Å². The third-order valence-electron chi connectivity index (χ3n) is 2.00. The van der Waals surface area contributed by atoms with Crippen LogP contribution in [0.15, 0.2) is 0 Å². The summed E-state index contributed by atoms with van der Waals surface area (Å²) in [6, 6.07) is 0.0382. The molecular formula is C7H16N2O3S. The normalized spacial score (nSPS) is 22.0. The van der Waals surface area contributed by atoms with Gasteiger partial charge in [-0.3, -0.25) is 0 Å². The fourth-order valence-electron chi connectivity index (χ4n) is 1.52. The zero-order valence-corrected chi connectivity index (χ0v) is 8.47. The first-order chi connectivity index (χ1) is 5.99. The molecule has 1 fully saturated rings. The highest BCUT2D eigenvalue weighted by atomic mass is 32.2. The van der Waals surface area contributed by atoms with Crippen LogP contribution < -0.4 is 9.44 Å². The van der Waals surface area contributed by atoms with E-state index in [0.29, 0.717) is 0 Å². The molecule has 6 heteroatoms. The summed E-state index contributed by atoms with van der Waals surface area (Å²) in [5, 5.41) is 8.83. The molecule has 1 unspecified atom stereocenters. The number of aliphatic hydroxyl groups is 1. The second-order valence-electron chi connectivity index (χ2n) is 3.40. The van der Waals surface area contributed by atoms with E-state index in [2.05, 4.69) is 9.44 Å². The Morgan fingerprint density at radius 2 is 1.92 bits per heavy atom. The molecule has 1 aliphatic carbocycles. The van der Waals surface area contributed by atoms with Gasteiger partial charge in [0.2, 0.25) is 0 Å². The van der Waals surface area contributed by atoms with E-state index in [9.17, 15) is 8.42 Å². The first-order valence-electron chi connectivity index (χ1n) is 4.47. The van der Waals surface area contributed by atoms with Crippen molar-refractivity contribution >= 4 is 10.2 Å². The molecule has 0 amide bonds. The predicted molar refractivity (Wildman–Crippen MR) is 49.1 cm³/mol. The average molecular weight is 208 g/mol. The maximum atomic E-state index is 11.2. The van der Waals surface area contributed by atoms with Crippen LogP contribution in [0.25, 0.3) is 0 Å². The molecule has 1 atom stereocenters. The molecule has 0 radical (unpaired) electrons. The number of hydrogen-bond donors (Lipinski definition) is 3. The second kappa shape index (κ2) is 4.36. The lowest BCUT2D eigenvalue weighted by Crippen LogP contribution is -2.45. The summed E-state index contributed by atoms with van der Waals surface area (Å²) in [6.07, 6.45) is 2.88. The Kier molecular flexibility index (Phi) is 3.66. The molecule has 1 aliphatic rings. The van der Waals surface area contributed by atoms with Gasteiger partial charge in [0.15, 0.2) is 0 Å². The molecule has 0 spiro atoms. The zero-order chi connectivity index (χ0) is 9.90. The predicted octanol–water partition coefficient (Wildman–Crippen LogP) is -0.309. The second-order valence-corrected chi connectivity index (χ2v) is 4.87. The van der Waals surface area contributed by atoms with E-state index in [4.69, 9.17) is 5.11 Å². The van der Waals surface area contributed by atoms with Crippen LogP contribution in [0.4, 0.5) is 0 Å². The van der Waals surface area contributed by atoms with E-state index in [1.165, 1.54) is 6.92 Å². The molecule has 0 aromatic carbocycles. The van der Waals surface area contributed by atoms with Crippen LogP contribution in [0.2, 0.25) is 0 Å². The third kappa shape index (κ3) is 4.04. The largest absolute Gasteiger partial charge is 0.378 e. The Balaban J connectivity index is 2.41. The van der Waals surface area contributed by atoms with Crippen molar-refractivity contribution in [2.45, 2.75) is 44.9 Å². The van der Waals surface area contributed by atoms with Crippen LogP contribution in [0, 0.1) is 0 Å². The summed E-state index contributed by atoms with van der Waals surface area (Å²) < 4.78 is 27.0. The minimum Gasteiger partial charge on any atom is -0.378 e. The first-order valence-corrected chi connectivity index (χ1v) is 5.95. The van der Waals surface area contributed by atoms with Gasteiger partial charge in [0, 0.05) is 6.04 Å². The first kappa shape index (κ1) is 10.9. The summed E-state index contributed by atoms with van der Waals surface area (Å²) in [5.41, 5.74) is 0. The van der Waals surface area contributed by atoms with Crippen molar-refractivity contribution in [3.8, 4) is 0 Å². The summed E-state index contributed by atoms with van der Waals surface area (Å²) >= 11 is 0. The molecular weight excluding hydrogens is 192 g/mol. The van der Waals surface area contributed by atoms with Gasteiger partial charge in [-0.25, -0.2) is 0 Å². The highest BCUT2D eigenvalue weighted by Crippen LogP contribution is 2.17. The molecule has 0 saturated heterocycles. The van der Waals surface area contributed by atoms with Crippen LogP contribution in [0.3, 0.4) is 0 Å². The maximum absolute atomic E-state index is 11.2. The number of aliphatic hydroxyl groups excluding tert-OH is 1. The Morgan fingerprint density at radius 1 is 1.38 bits per heavy atom. The minimum atomic E-state index is -3.51. The van der Waals surface area contributed by atoms with Gasteiger partial charge in [0.25, 0.3) is 10.2 Å². The van der Waals surface area contributed by atoms with Gasteiger partial charge in [0.05, 0.1) is 0 Å². The van der Waals surface area contributed by atoms with E-state index >= 15 is 0 Å². The standard InChI is InChI=1S/C7H16N2O3S/c1-6(10)8-13(11,12)9-7-4-2-3-5-7/h6-10H,2-5H2,1H3. The number of hydrogen-bond acceptors (Lipinski definition) is 3. The molecule has 0 aromatic heterocycles. The fraction of sp³-hybridized carbons (Fsp3) is 1.00. The molecule has 3 N–H and O–H groups in total. The highest BCUT2D eigenvalue weighted by Gasteiger charge is 2.21. The van der Waals surface area contributed by atoms with Crippen molar-refractivity contribution in [3.63, 3.8) is 0 Å². The van der Waals surface area contributed by atoms with Gasteiger partial charge in [-0.1, -0.05) is 12.8 Å². The Hall–Kier alpha value is -0.170. The number of nitrogens with one attached hydrogen (secondary N) is 2. The lowest BCUT2D eigenvalue weighted by molar-refractivity contribution is 0.183. The van der Waals surface area contributed by atoms with E-state index in [1.54, 1.807) is 0 Å². The van der Waals surface area contributed by atoms with E-state index in [1.807, 2.05) is 0 Å². The van der Waals surface area contributed by atoms with Gasteiger partial charge >= 0.3 is 0 Å². The quantitative estimate of drug-likeness (QED) is 0.555. The van der Waals surface area contributed by atoms with Crippen LogP contribution in [0.1, 0.15) is 32.6 Å². The number of rotatable bonds is 4. The highest BCUT2D eigenvalue weighted by molar-refractivity contribution is 7.87. The monoisotopic (exact) mass is 208 g/mol. The van der Waals surface area contributed by atoms with E-state index in [-0.39, 0.29) is 6.04 Å².